The minimum atomic E-state index is -0.436. The molecular weight excluding hydrogens is 230 g/mol. The van der Waals surface area contributed by atoms with Crippen molar-refractivity contribution in [1.29, 1.82) is 0 Å². The number of thiophene rings is 1. The van der Waals surface area contributed by atoms with Crippen molar-refractivity contribution in [3.63, 3.8) is 0 Å². The van der Waals surface area contributed by atoms with Crippen LogP contribution in [0.5, 0.6) is 0 Å². The van der Waals surface area contributed by atoms with Crippen molar-refractivity contribution in [1.82, 2.24) is 4.98 Å². The molecule has 1 atom stereocenters. The molecule has 90 valence electrons. The van der Waals surface area contributed by atoms with Gasteiger partial charge in [0.2, 0.25) is 0 Å². The molecule has 1 N–H and O–H groups in total. The lowest BCUT2D eigenvalue weighted by molar-refractivity contribution is 0.181. The first-order valence-electron chi connectivity index (χ1n) is 5.87. The Balaban J connectivity index is 2.04. The highest BCUT2D eigenvalue weighted by Gasteiger charge is 2.11. The number of nitrogens with zero attached hydrogens (tertiary/aromatic N) is 1. The summed E-state index contributed by atoms with van der Waals surface area (Å²) in [7, 11) is 0. The smallest absolute Gasteiger partial charge is 0.0937 e. The Morgan fingerprint density at radius 1 is 1.29 bits per heavy atom. The van der Waals surface area contributed by atoms with Crippen LogP contribution < -0.4 is 0 Å². The van der Waals surface area contributed by atoms with E-state index in [2.05, 4.69) is 24.9 Å². The Kier molecular flexibility index (Phi) is 3.92. The largest absolute Gasteiger partial charge is 0.387 e. The van der Waals surface area contributed by atoms with Gasteiger partial charge in [0.25, 0.3) is 0 Å². The van der Waals surface area contributed by atoms with Gasteiger partial charge in [0.05, 0.1) is 6.10 Å². The molecule has 2 aromatic rings. The van der Waals surface area contributed by atoms with Gasteiger partial charge in [0, 0.05) is 28.1 Å². The molecule has 0 aromatic carbocycles. The first-order valence-corrected chi connectivity index (χ1v) is 6.69. The number of aryl methyl sites for hydroxylation is 2. The molecule has 3 heteroatoms. The zero-order valence-corrected chi connectivity index (χ0v) is 11.0. The minimum absolute atomic E-state index is 0.436. The molecule has 0 saturated heterocycles. The fraction of sp³-hybridized carbons (Fsp3) is 0.357. The molecular formula is C14H17NOS. The average Bonchev–Trinajstić information content (AvgIpc) is 2.77. The number of aliphatic hydroxyl groups excluding tert-OH is 1. The molecule has 2 aromatic heterocycles. The van der Waals surface area contributed by atoms with E-state index in [1.165, 1.54) is 10.4 Å². The molecule has 1 unspecified atom stereocenters. The van der Waals surface area contributed by atoms with Gasteiger partial charge in [-0.3, -0.25) is 4.98 Å². The quantitative estimate of drug-likeness (QED) is 0.899. The number of hydrogen-bond donors (Lipinski definition) is 1. The summed E-state index contributed by atoms with van der Waals surface area (Å²) in [5.74, 6) is 0. The summed E-state index contributed by atoms with van der Waals surface area (Å²) in [6, 6.07) is 8.11. The summed E-state index contributed by atoms with van der Waals surface area (Å²) < 4.78 is 0. The van der Waals surface area contributed by atoms with Crippen molar-refractivity contribution in [3.8, 4) is 0 Å². The molecule has 0 spiro atoms. The van der Waals surface area contributed by atoms with Gasteiger partial charge in [0.15, 0.2) is 0 Å². The molecule has 0 aliphatic heterocycles. The molecule has 0 fully saturated rings. The van der Waals surface area contributed by atoms with Crippen LogP contribution in [-0.2, 0) is 12.8 Å². The molecule has 0 bridgehead atoms. The standard InChI is InChI=1S/C14H17NOS/c1-3-11-5-6-12(15-9-11)8-13(16)14-7-4-10(2)17-14/h4-7,9,13,16H,3,8H2,1-2H3. The maximum atomic E-state index is 10.1. The van der Waals surface area contributed by atoms with Crippen molar-refractivity contribution in [2.24, 2.45) is 0 Å². The van der Waals surface area contributed by atoms with E-state index in [1.54, 1.807) is 11.3 Å². The second kappa shape index (κ2) is 5.43. The van der Waals surface area contributed by atoms with E-state index in [0.29, 0.717) is 6.42 Å². The highest BCUT2D eigenvalue weighted by molar-refractivity contribution is 7.12. The Morgan fingerprint density at radius 3 is 2.65 bits per heavy atom. The molecule has 0 aliphatic rings. The normalized spacial score (nSPS) is 12.6. The van der Waals surface area contributed by atoms with Crippen LogP contribution in [0.3, 0.4) is 0 Å². The van der Waals surface area contributed by atoms with Crippen LogP contribution in [0, 0.1) is 6.92 Å². The molecule has 17 heavy (non-hydrogen) atoms. The Labute approximate surface area is 106 Å². The summed E-state index contributed by atoms with van der Waals surface area (Å²) in [6.45, 7) is 4.16. The van der Waals surface area contributed by atoms with Gasteiger partial charge in [-0.2, -0.15) is 0 Å². The first-order chi connectivity index (χ1) is 8.19. The second-order valence-corrected chi connectivity index (χ2v) is 5.50. The highest BCUT2D eigenvalue weighted by atomic mass is 32.1. The van der Waals surface area contributed by atoms with Gasteiger partial charge < -0.3 is 5.11 Å². The van der Waals surface area contributed by atoms with Crippen molar-refractivity contribution in [2.75, 3.05) is 0 Å². The van der Waals surface area contributed by atoms with E-state index < -0.39 is 6.10 Å². The maximum Gasteiger partial charge on any atom is 0.0937 e. The minimum Gasteiger partial charge on any atom is -0.387 e. The fourth-order valence-corrected chi connectivity index (χ4v) is 2.58. The lowest BCUT2D eigenvalue weighted by atomic mass is 10.1. The van der Waals surface area contributed by atoms with E-state index in [-0.39, 0.29) is 0 Å². The predicted molar refractivity (Wildman–Crippen MR) is 71.3 cm³/mol. The van der Waals surface area contributed by atoms with Crippen LogP contribution in [-0.4, -0.2) is 10.1 Å². The number of hydrogen-bond acceptors (Lipinski definition) is 3. The molecule has 0 aliphatic carbocycles. The van der Waals surface area contributed by atoms with Crippen molar-refractivity contribution >= 4 is 11.3 Å². The number of aliphatic hydroxyl groups is 1. The number of rotatable bonds is 4. The summed E-state index contributed by atoms with van der Waals surface area (Å²) in [5, 5.41) is 10.1. The zero-order chi connectivity index (χ0) is 12.3. The van der Waals surface area contributed by atoms with Crippen LogP contribution in [0.1, 0.15) is 34.0 Å². The third-order valence-corrected chi connectivity index (χ3v) is 3.89. The number of pyridine rings is 1. The summed E-state index contributed by atoms with van der Waals surface area (Å²) >= 11 is 1.64. The van der Waals surface area contributed by atoms with Gasteiger partial charge >= 0.3 is 0 Å². The third kappa shape index (κ3) is 3.14. The van der Waals surface area contributed by atoms with E-state index in [4.69, 9.17) is 0 Å². The van der Waals surface area contributed by atoms with Crippen LogP contribution in [0.25, 0.3) is 0 Å². The molecule has 2 nitrogen and oxygen atoms in total. The molecule has 0 amide bonds. The van der Waals surface area contributed by atoms with Crippen molar-refractivity contribution in [3.05, 3.63) is 51.5 Å². The summed E-state index contributed by atoms with van der Waals surface area (Å²) in [4.78, 5) is 6.61. The van der Waals surface area contributed by atoms with Crippen LogP contribution in [0.2, 0.25) is 0 Å². The van der Waals surface area contributed by atoms with Crippen LogP contribution in [0.15, 0.2) is 30.5 Å². The summed E-state index contributed by atoms with van der Waals surface area (Å²) in [5.41, 5.74) is 2.18. The highest BCUT2D eigenvalue weighted by Crippen LogP contribution is 2.24. The van der Waals surface area contributed by atoms with E-state index in [1.807, 2.05) is 24.4 Å². The third-order valence-electron chi connectivity index (χ3n) is 2.79. The average molecular weight is 247 g/mol. The summed E-state index contributed by atoms with van der Waals surface area (Å²) in [6.07, 6.45) is 3.04. The zero-order valence-electron chi connectivity index (χ0n) is 10.2. The van der Waals surface area contributed by atoms with Crippen molar-refractivity contribution in [2.45, 2.75) is 32.8 Å². The lowest BCUT2D eigenvalue weighted by Crippen LogP contribution is -2.01. The predicted octanol–water partition coefficient (Wildman–Crippen LogP) is 3.29. The Bertz CT molecular complexity index is 475. The monoisotopic (exact) mass is 247 g/mol. The second-order valence-electron chi connectivity index (χ2n) is 4.18. The van der Waals surface area contributed by atoms with Crippen molar-refractivity contribution < 1.29 is 5.11 Å². The number of aromatic nitrogens is 1. The molecule has 0 radical (unpaired) electrons. The van der Waals surface area contributed by atoms with E-state index in [9.17, 15) is 5.11 Å². The van der Waals surface area contributed by atoms with Crippen LogP contribution >= 0.6 is 11.3 Å². The van der Waals surface area contributed by atoms with E-state index >= 15 is 0 Å². The van der Waals surface area contributed by atoms with Gasteiger partial charge in [-0.05, 0) is 37.1 Å². The first kappa shape index (κ1) is 12.3. The fourth-order valence-electron chi connectivity index (χ4n) is 1.72. The van der Waals surface area contributed by atoms with E-state index in [0.717, 1.165) is 17.0 Å². The molecule has 2 rings (SSSR count). The van der Waals surface area contributed by atoms with Crippen LogP contribution in [0.4, 0.5) is 0 Å². The van der Waals surface area contributed by atoms with Gasteiger partial charge in [-0.1, -0.05) is 13.0 Å². The topological polar surface area (TPSA) is 33.1 Å². The van der Waals surface area contributed by atoms with Gasteiger partial charge in [-0.15, -0.1) is 11.3 Å². The van der Waals surface area contributed by atoms with Gasteiger partial charge in [-0.25, -0.2) is 0 Å². The lowest BCUT2D eigenvalue weighted by Gasteiger charge is -2.08. The van der Waals surface area contributed by atoms with Gasteiger partial charge in [0.1, 0.15) is 0 Å². The molecule has 0 saturated carbocycles. The Hall–Kier alpha value is -1.19. The maximum absolute atomic E-state index is 10.1. The Morgan fingerprint density at radius 2 is 2.12 bits per heavy atom. The molecule has 2 heterocycles. The SMILES string of the molecule is CCc1ccc(CC(O)c2ccc(C)s2)nc1.